The number of hydrogen-bond donors (Lipinski definition) is 1. The average molecular weight is 407 g/mol. The molecule has 0 bridgehead atoms. The standard InChI is InChI=1S/C23H25N3O4/c1-16(22(29)25-15-17-5-4-11-24-14-17)26-12-10-23(9-8-21(26)28)13-19(27)18-6-2-3-7-20(18)30-23/h2-7,11,14,16H,8-10,12-13,15H2,1H3,(H,25,29). The van der Waals surface area contributed by atoms with E-state index in [4.69, 9.17) is 4.74 Å². The molecule has 2 atom stereocenters. The highest BCUT2D eigenvalue weighted by Crippen LogP contribution is 2.39. The zero-order valence-electron chi connectivity index (χ0n) is 17.0. The summed E-state index contributed by atoms with van der Waals surface area (Å²) >= 11 is 0. The fraction of sp³-hybridized carbons (Fsp3) is 0.391. The third kappa shape index (κ3) is 4.06. The van der Waals surface area contributed by atoms with Gasteiger partial charge in [0.05, 0.1) is 12.0 Å². The second kappa shape index (κ2) is 8.26. The van der Waals surface area contributed by atoms with E-state index in [2.05, 4.69) is 10.3 Å². The maximum absolute atomic E-state index is 12.8. The molecule has 0 radical (unpaired) electrons. The molecule has 1 fully saturated rings. The molecule has 0 saturated carbocycles. The molecule has 2 unspecified atom stereocenters. The Kier molecular flexibility index (Phi) is 5.53. The number of ether oxygens (including phenoxy) is 1. The van der Waals surface area contributed by atoms with Gasteiger partial charge in [0.15, 0.2) is 5.78 Å². The number of hydrogen-bond acceptors (Lipinski definition) is 5. The van der Waals surface area contributed by atoms with Crippen LogP contribution in [0.3, 0.4) is 0 Å². The maximum Gasteiger partial charge on any atom is 0.242 e. The largest absolute Gasteiger partial charge is 0.486 e. The SMILES string of the molecule is CC(C(=O)NCc1cccnc1)N1CCC2(CCC1=O)CC(=O)c1ccccc1O2. The Morgan fingerprint density at radius 2 is 2.07 bits per heavy atom. The second-order valence-corrected chi connectivity index (χ2v) is 7.97. The van der Waals surface area contributed by atoms with Gasteiger partial charge in [-0.1, -0.05) is 18.2 Å². The normalized spacial score (nSPS) is 22.1. The minimum absolute atomic E-state index is 0.0417. The lowest BCUT2D eigenvalue weighted by Gasteiger charge is -2.37. The Hall–Kier alpha value is -3.22. The Labute approximate surface area is 175 Å². The van der Waals surface area contributed by atoms with Crippen LogP contribution in [0.5, 0.6) is 5.75 Å². The number of benzene rings is 1. The van der Waals surface area contributed by atoms with Gasteiger partial charge < -0.3 is 15.0 Å². The summed E-state index contributed by atoms with van der Waals surface area (Å²) < 4.78 is 6.25. The Morgan fingerprint density at radius 1 is 1.23 bits per heavy atom. The highest BCUT2D eigenvalue weighted by Gasteiger charge is 2.44. The van der Waals surface area contributed by atoms with Crippen molar-refractivity contribution in [1.82, 2.24) is 15.2 Å². The molecule has 2 amide bonds. The summed E-state index contributed by atoms with van der Waals surface area (Å²) in [4.78, 5) is 43.7. The average Bonchev–Trinajstić information content (AvgIpc) is 2.91. The molecule has 2 aromatic rings. The van der Waals surface area contributed by atoms with Crippen molar-refractivity contribution in [3.63, 3.8) is 0 Å². The molecule has 0 aliphatic carbocycles. The number of Topliss-reactive ketones (excluding diaryl/α,β-unsaturated/α-hetero) is 1. The highest BCUT2D eigenvalue weighted by molar-refractivity contribution is 6.00. The first-order valence-corrected chi connectivity index (χ1v) is 10.2. The van der Waals surface area contributed by atoms with Gasteiger partial charge in [-0.25, -0.2) is 0 Å². The summed E-state index contributed by atoms with van der Waals surface area (Å²) in [7, 11) is 0. The number of rotatable bonds is 4. The van der Waals surface area contributed by atoms with Crippen LogP contribution in [-0.4, -0.2) is 45.7 Å². The molecule has 1 N–H and O–H groups in total. The van der Waals surface area contributed by atoms with Crippen LogP contribution in [0, 0.1) is 0 Å². The number of nitrogens with one attached hydrogen (secondary N) is 1. The van der Waals surface area contributed by atoms with E-state index >= 15 is 0 Å². The van der Waals surface area contributed by atoms with Crippen molar-refractivity contribution in [1.29, 1.82) is 0 Å². The first-order chi connectivity index (χ1) is 14.5. The minimum Gasteiger partial charge on any atom is -0.486 e. The van der Waals surface area contributed by atoms with Crippen LogP contribution in [0.2, 0.25) is 0 Å². The minimum atomic E-state index is -0.693. The van der Waals surface area contributed by atoms with E-state index < -0.39 is 11.6 Å². The van der Waals surface area contributed by atoms with Gasteiger partial charge in [0.25, 0.3) is 0 Å². The van der Waals surface area contributed by atoms with Gasteiger partial charge in [0, 0.05) is 38.3 Å². The third-order valence-electron chi connectivity index (χ3n) is 5.96. The van der Waals surface area contributed by atoms with Crippen LogP contribution in [0.25, 0.3) is 0 Å². The zero-order chi connectivity index (χ0) is 21.1. The van der Waals surface area contributed by atoms with E-state index in [1.165, 1.54) is 0 Å². The van der Waals surface area contributed by atoms with E-state index in [1.807, 2.05) is 24.3 Å². The molecular formula is C23H25N3O4. The fourth-order valence-electron chi connectivity index (χ4n) is 4.17. The Balaban J connectivity index is 1.42. The summed E-state index contributed by atoms with van der Waals surface area (Å²) in [5.74, 6) is 0.317. The van der Waals surface area contributed by atoms with Crippen molar-refractivity contribution >= 4 is 17.6 Å². The monoisotopic (exact) mass is 407 g/mol. The van der Waals surface area contributed by atoms with E-state index in [0.29, 0.717) is 37.2 Å². The molecule has 1 saturated heterocycles. The summed E-state index contributed by atoms with van der Waals surface area (Å²) in [5.41, 5.74) is 0.799. The molecule has 1 aromatic heterocycles. The zero-order valence-corrected chi connectivity index (χ0v) is 17.0. The third-order valence-corrected chi connectivity index (χ3v) is 5.96. The lowest BCUT2D eigenvalue weighted by molar-refractivity contribution is -0.139. The topological polar surface area (TPSA) is 88.6 Å². The van der Waals surface area contributed by atoms with Crippen molar-refractivity contribution in [3.8, 4) is 5.75 Å². The summed E-state index contributed by atoms with van der Waals surface area (Å²) in [6.45, 7) is 2.46. The predicted molar refractivity (Wildman–Crippen MR) is 110 cm³/mol. The van der Waals surface area contributed by atoms with Gasteiger partial charge in [-0.3, -0.25) is 19.4 Å². The van der Waals surface area contributed by atoms with E-state index in [9.17, 15) is 14.4 Å². The molecule has 1 spiro atoms. The molecule has 30 heavy (non-hydrogen) atoms. The molecule has 7 heteroatoms. The molecule has 1 aromatic carbocycles. The number of likely N-dealkylation sites (tertiary alicyclic amines) is 1. The van der Waals surface area contributed by atoms with Crippen LogP contribution < -0.4 is 10.1 Å². The fourth-order valence-corrected chi connectivity index (χ4v) is 4.17. The molecule has 3 heterocycles. The van der Waals surface area contributed by atoms with Gasteiger partial charge in [-0.05, 0) is 37.1 Å². The van der Waals surface area contributed by atoms with E-state index in [1.54, 1.807) is 36.4 Å². The Bertz CT molecular complexity index is 962. The van der Waals surface area contributed by atoms with Crippen LogP contribution in [0.1, 0.15) is 48.5 Å². The molecule has 7 nitrogen and oxygen atoms in total. The van der Waals surface area contributed by atoms with Crippen molar-refractivity contribution in [2.24, 2.45) is 0 Å². The number of ketones is 1. The highest BCUT2D eigenvalue weighted by atomic mass is 16.5. The van der Waals surface area contributed by atoms with Crippen LogP contribution in [0.4, 0.5) is 0 Å². The molecule has 2 aliphatic heterocycles. The number of fused-ring (bicyclic) bond motifs is 1. The van der Waals surface area contributed by atoms with Crippen molar-refractivity contribution in [3.05, 3.63) is 59.9 Å². The van der Waals surface area contributed by atoms with Crippen molar-refractivity contribution in [2.45, 2.75) is 50.8 Å². The first kappa shape index (κ1) is 20.1. The van der Waals surface area contributed by atoms with Crippen LogP contribution >= 0.6 is 0 Å². The van der Waals surface area contributed by atoms with Crippen molar-refractivity contribution in [2.75, 3.05) is 6.54 Å². The van der Waals surface area contributed by atoms with Gasteiger partial charge in [0.2, 0.25) is 11.8 Å². The Morgan fingerprint density at radius 3 is 2.87 bits per heavy atom. The lowest BCUT2D eigenvalue weighted by Crippen LogP contribution is -2.48. The first-order valence-electron chi connectivity index (χ1n) is 10.2. The number of carbonyl (C=O) groups is 3. The summed E-state index contributed by atoms with van der Waals surface area (Å²) in [6, 6.07) is 10.3. The number of nitrogens with zero attached hydrogens (tertiary/aromatic N) is 2. The van der Waals surface area contributed by atoms with Crippen molar-refractivity contribution < 1.29 is 19.1 Å². The molecule has 156 valence electrons. The molecule has 2 aliphatic rings. The molecular weight excluding hydrogens is 382 g/mol. The van der Waals surface area contributed by atoms with E-state index in [-0.39, 0.29) is 30.4 Å². The van der Waals surface area contributed by atoms with Crippen LogP contribution in [-0.2, 0) is 16.1 Å². The number of carbonyl (C=O) groups excluding carboxylic acids is 3. The lowest BCUT2D eigenvalue weighted by atomic mass is 9.84. The van der Waals surface area contributed by atoms with Gasteiger partial charge in [0.1, 0.15) is 17.4 Å². The number of amides is 2. The van der Waals surface area contributed by atoms with Gasteiger partial charge in [-0.2, -0.15) is 0 Å². The second-order valence-electron chi connectivity index (χ2n) is 7.97. The number of aromatic nitrogens is 1. The van der Waals surface area contributed by atoms with Gasteiger partial charge in [-0.15, -0.1) is 0 Å². The maximum atomic E-state index is 12.8. The molecule has 4 rings (SSSR count). The number of para-hydroxylation sites is 1. The predicted octanol–water partition coefficient (Wildman–Crippen LogP) is 2.50. The summed E-state index contributed by atoms with van der Waals surface area (Å²) in [6.07, 6.45) is 4.85. The quantitative estimate of drug-likeness (QED) is 0.841. The number of pyridine rings is 1. The van der Waals surface area contributed by atoms with Crippen LogP contribution in [0.15, 0.2) is 48.8 Å². The smallest absolute Gasteiger partial charge is 0.242 e. The van der Waals surface area contributed by atoms with Gasteiger partial charge >= 0.3 is 0 Å². The summed E-state index contributed by atoms with van der Waals surface area (Å²) in [5, 5.41) is 2.87. The van der Waals surface area contributed by atoms with E-state index in [0.717, 1.165) is 5.56 Å².